The van der Waals surface area contributed by atoms with E-state index in [0.717, 1.165) is 12.8 Å². The normalized spacial score (nSPS) is 14.1. The largest absolute Gasteiger partial charge is 0.508 e. The number of rotatable bonds is 11. The molecular formula is C21H31ClO5. The number of halogens is 1. The first kappa shape index (κ1) is 23.3. The summed E-state index contributed by atoms with van der Waals surface area (Å²) in [6.07, 6.45) is 2.33. The second-order valence-corrected chi connectivity index (χ2v) is 6.88. The maximum Gasteiger partial charge on any atom is 0.508 e. The van der Waals surface area contributed by atoms with Crippen LogP contribution in [0.1, 0.15) is 70.2 Å². The SMILES string of the molecule is CCCCOC(=O)OC(CC)C(CC)C(CC)OC(=O)c1ccc(Cl)cc1. The Labute approximate surface area is 167 Å². The summed E-state index contributed by atoms with van der Waals surface area (Å²) in [6, 6.07) is 6.58. The fourth-order valence-electron chi connectivity index (χ4n) is 2.96. The molecule has 1 aromatic rings. The molecule has 152 valence electrons. The van der Waals surface area contributed by atoms with Crippen LogP contribution in [0, 0.1) is 5.92 Å². The first-order valence-electron chi connectivity index (χ1n) is 9.76. The van der Waals surface area contributed by atoms with E-state index < -0.39 is 12.1 Å². The molecule has 0 aliphatic heterocycles. The summed E-state index contributed by atoms with van der Waals surface area (Å²) >= 11 is 5.86. The average molecular weight is 399 g/mol. The van der Waals surface area contributed by atoms with Crippen molar-refractivity contribution in [2.24, 2.45) is 5.92 Å². The molecule has 0 N–H and O–H groups in total. The van der Waals surface area contributed by atoms with Crippen LogP contribution < -0.4 is 0 Å². The molecule has 27 heavy (non-hydrogen) atoms. The van der Waals surface area contributed by atoms with Gasteiger partial charge in [-0.25, -0.2) is 9.59 Å². The van der Waals surface area contributed by atoms with E-state index in [1.807, 2.05) is 27.7 Å². The van der Waals surface area contributed by atoms with E-state index in [-0.39, 0.29) is 18.1 Å². The molecule has 0 saturated carbocycles. The smallest absolute Gasteiger partial charge is 0.458 e. The number of hydrogen-bond acceptors (Lipinski definition) is 5. The van der Waals surface area contributed by atoms with Crippen LogP contribution >= 0.6 is 11.6 Å². The van der Waals surface area contributed by atoms with Crippen LogP contribution in [-0.2, 0) is 14.2 Å². The summed E-state index contributed by atoms with van der Waals surface area (Å²) in [5.74, 6) is -0.507. The molecule has 1 aromatic carbocycles. The Hall–Kier alpha value is -1.75. The van der Waals surface area contributed by atoms with Gasteiger partial charge in [0, 0.05) is 10.9 Å². The Morgan fingerprint density at radius 3 is 2.04 bits per heavy atom. The molecule has 0 spiro atoms. The van der Waals surface area contributed by atoms with Gasteiger partial charge in [0.15, 0.2) is 0 Å². The van der Waals surface area contributed by atoms with E-state index in [1.165, 1.54) is 0 Å². The third-order valence-corrected chi connectivity index (χ3v) is 4.79. The first-order valence-corrected chi connectivity index (χ1v) is 10.1. The van der Waals surface area contributed by atoms with Crippen molar-refractivity contribution in [3.05, 3.63) is 34.9 Å². The summed E-state index contributed by atoms with van der Waals surface area (Å²) in [6.45, 7) is 8.27. The van der Waals surface area contributed by atoms with Gasteiger partial charge in [0.25, 0.3) is 0 Å². The van der Waals surface area contributed by atoms with Crippen molar-refractivity contribution in [3.8, 4) is 0 Å². The van der Waals surface area contributed by atoms with Gasteiger partial charge in [-0.1, -0.05) is 45.7 Å². The number of ether oxygens (including phenoxy) is 3. The van der Waals surface area contributed by atoms with E-state index in [2.05, 4.69) is 0 Å². The number of esters is 1. The van der Waals surface area contributed by atoms with Crippen LogP contribution in [0.2, 0.25) is 5.02 Å². The van der Waals surface area contributed by atoms with Crippen molar-refractivity contribution in [1.29, 1.82) is 0 Å². The summed E-state index contributed by atoms with van der Waals surface area (Å²) in [4.78, 5) is 24.4. The molecule has 1 rings (SSSR count). The summed E-state index contributed by atoms with van der Waals surface area (Å²) in [5.41, 5.74) is 0.445. The van der Waals surface area contributed by atoms with Crippen molar-refractivity contribution >= 4 is 23.7 Å². The molecule has 3 atom stereocenters. The Balaban J connectivity index is 2.76. The monoisotopic (exact) mass is 398 g/mol. The zero-order valence-corrected chi connectivity index (χ0v) is 17.5. The highest BCUT2D eigenvalue weighted by molar-refractivity contribution is 6.30. The highest BCUT2D eigenvalue weighted by Crippen LogP contribution is 2.26. The molecule has 0 saturated heterocycles. The Kier molecular flexibility index (Phi) is 10.9. The van der Waals surface area contributed by atoms with Gasteiger partial charge in [0.2, 0.25) is 0 Å². The van der Waals surface area contributed by atoms with Crippen molar-refractivity contribution in [2.45, 2.75) is 72.0 Å². The highest BCUT2D eigenvalue weighted by atomic mass is 35.5. The topological polar surface area (TPSA) is 61.8 Å². The fourth-order valence-corrected chi connectivity index (χ4v) is 3.09. The van der Waals surface area contributed by atoms with Gasteiger partial charge in [-0.15, -0.1) is 0 Å². The maximum atomic E-state index is 12.5. The molecule has 0 heterocycles. The van der Waals surface area contributed by atoms with E-state index in [0.29, 0.717) is 36.5 Å². The zero-order valence-electron chi connectivity index (χ0n) is 16.7. The molecule has 0 aliphatic carbocycles. The summed E-state index contributed by atoms with van der Waals surface area (Å²) in [5, 5.41) is 0.561. The lowest BCUT2D eigenvalue weighted by Crippen LogP contribution is -2.37. The lowest BCUT2D eigenvalue weighted by Gasteiger charge is -2.31. The molecular weight excluding hydrogens is 368 g/mol. The van der Waals surface area contributed by atoms with Crippen LogP contribution in [-0.4, -0.2) is 30.9 Å². The minimum absolute atomic E-state index is 0.102. The van der Waals surface area contributed by atoms with Gasteiger partial charge in [-0.2, -0.15) is 0 Å². The minimum Gasteiger partial charge on any atom is -0.458 e. The van der Waals surface area contributed by atoms with Crippen molar-refractivity contribution in [3.63, 3.8) is 0 Å². The van der Waals surface area contributed by atoms with Crippen molar-refractivity contribution in [1.82, 2.24) is 0 Å². The Bertz CT molecular complexity index is 572. The third-order valence-electron chi connectivity index (χ3n) is 4.53. The van der Waals surface area contributed by atoms with Crippen LogP contribution in [0.5, 0.6) is 0 Å². The number of benzene rings is 1. The zero-order chi connectivity index (χ0) is 20.2. The fraction of sp³-hybridized carbons (Fsp3) is 0.619. The first-order chi connectivity index (χ1) is 13.0. The highest BCUT2D eigenvalue weighted by Gasteiger charge is 2.32. The number of hydrogen-bond donors (Lipinski definition) is 0. The molecule has 3 unspecified atom stereocenters. The van der Waals surface area contributed by atoms with Crippen LogP contribution in [0.25, 0.3) is 0 Å². The quantitative estimate of drug-likeness (QED) is 0.336. The number of unbranched alkanes of at least 4 members (excludes halogenated alkanes) is 1. The second-order valence-electron chi connectivity index (χ2n) is 6.45. The molecule has 0 amide bonds. The molecule has 0 radical (unpaired) electrons. The minimum atomic E-state index is -0.660. The van der Waals surface area contributed by atoms with Gasteiger partial charge >= 0.3 is 12.1 Å². The van der Waals surface area contributed by atoms with Crippen molar-refractivity contribution < 1.29 is 23.8 Å². The lowest BCUT2D eigenvalue weighted by molar-refractivity contribution is -0.0456. The predicted octanol–water partition coefficient (Wildman–Crippen LogP) is 6.03. The molecule has 0 fully saturated rings. The second kappa shape index (κ2) is 12.6. The van der Waals surface area contributed by atoms with Crippen molar-refractivity contribution in [2.75, 3.05) is 6.61 Å². The van der Waals surface area contributed by atoms with E-state index >= 15 is 0 Å². The molecule has 0 aliphatic rings. The maximum absolute atomic E-state index is 12.5. The van der Waals surface area contributed by atoms with E-state index in [4.69, 9.17) is 25.8 Å². The number of carbonyl (C=O) groups is 2. The summed E-state index contributed by atoms with van der Waals surface area (Å²) in [7, 11) is 0. The van der Waals surface area contributed by atoms with E-state index in [9.17, 15) is 9.59 Å². The van der Waals surface area contributed by atoms with Gasteiger partial charge in [0.05, 0.1) is 12.2 Å². The lowest BCUT2D eigenvalue weighted by atomic mass is 9.90. The van der Waals surface area contributed by atoms with Gasteiger partial charge in [0.1, 0.15) is 12.2 Å². The van der Waals surface area contributed by atoms with Gasteiger partial charge < -0.3 is 14.2 Å². The van der Waals surface area contributed by atoms with Gasteiger partial charge in [-0.05, 0) is 49.9 Å². The standard InChI is InChI=1S/C21H31ClO5/c1-5-9-14-25-21(24)27-19(8-4)17(6-2)18(7-3)26-20(23)15-10-12-16(22)13-11-15/h10-13,17-19H,5-9,14H2,1-4H3. The molecule has 0 bridgehead atoms. The van der Waals surface area contributed by atoms with Crippen LogP contribution in [0.15, 0.2) is 24.3 Å². The molecule has 5 nitrogen and oxygen atoms in total. The summed E-state index contributed by atoms with van der Waals surface area (Å²) < 4.78 is 16.3. The Morgan fingerprint density at radius 2 is 1.52 bits per heavy atom. The van der Waals surface area contributed by atoms with Crippen LogP contribution in [0.4, 0.5) is 4.79 Å². The molecule has 6 heteroatoms. The van der Waals surface area contributed by atoms with Crippen LogP contribution in [0.3, 0.4) is 0 Å². The van der Waals surface area contributed by atoms with Gasteiger partial charge in [-0.3, -0.25) is 0 Å². The Morgan fingerprint density at radius 1 is 0.926 bits per heavy atom. The number of carbonyl (C=O) groups excluding carboxylic acids is 2. The average Bonchev–Trinajstić information content (AvgIpc) is 2.67. The van der Waals surface area contributed by atoms with E-state index in [1.54, 1.807) is 24.3 Å². The molecule has 0 aromatic heterocycles. The third kappa shape index (κ3) is 7.79. The predicted molar refractivity (Wildman–Crippen MR) is 106 cm³/mol.